The van der Waals surface area contributed by atoms with Gasteiger partial charge in [0.05, 0.1) is 0 Å². The van der Waals surface area contributed by atoms with Crippen LogP contribution in [0, 0.1) is 5.92 Å². The number of nitrogens with two attached hydrogens (primary N) is 1. The van der Waals surface area contributed by atoms with Crippen LogP contribution in [0.5, 0.6) is 0 Å². The molecular weight excluding hydrogens is 124 g/mol. The van der Waals surface area contributed by atoms with E-state index < -0.39 is 0 Å². The van der Waals surface area contributed by atoms with Gasteiger partial charge in [0.2, 0.25) is 0 Å². The molecule has 0 saturated heterocycles. The Morgan fingerprint density at radius 2 is 2.10 bits per heavy atom. The maximum absolute atomic E-state index is 5.34. The highest BCUT2D eigenvalue weighted by Crippen LogP contribution is 2.27. The van der Waals surface area contributed by atoms with Crippen molar-refractivity contribution in [3.63, 3.8) is 0 Å². The Morgan fingerprint density at radius 3 is 2.50 bits per heavy atom. The average molecular weight is 140 g/mol. The van der Waals surface area contributed by atoms with E-state index in [2.05, 4.69) is 12.0 Å². The van der Waals surface area contributed by atoms with Gasteiger partial charge in [0.25, 0.3) is 0 Å². The van der Waals surface area contributed by atoms with Crippen molar-refractivity contribution >= 4 is 0 Å². The number of hydrogen-bond acceptors (Lipinski definition) is 2. The first-order valence-corrected chi connectivity index (χ1v) is 3.97. The second kappa shape index (κ2) is 3.74. The van der Waals surface area contributed by atoms with Crippen LogP contribution in [0.1, 0.15) is 25.7 Å². The first-order valence-electron chi connectivity index (χ1n) is 3.97. The normalized spacial score (nSPS) is 22.9. The molecule has 1 atom stereocenters. The van der Waals surface area contributed by atoms with Crippen molar-refractivity contribution in [2.45, 2.75) is 31.7 Å². The molecule has 3 N–H and O–H groups in total. The van der Waals surface area contributed by atoms with Crippen molar-refractivity contribution in [2.24, 2.45) is 11.8 Å². The Balaban J connectivity index is 2.36. The molecule has 0 bridgehead atoms. The van der Waals surface area contributed by atoms with Crippen molar-refractivity contribution in [1.29, 1.82) is 0 Å². The Hall–Kier alpha value is -0.340. The van der Waals surface area contributed by atoms with E-state index in [1.165, 1.54) is 25.7 Å². The minimum absolute atomic E-state index is 0.336. The van der Waals surface area contributed by atoms with E-state index in [0.717, 1.165) is 5.92 Å². The molecule has 1 rings (SSSR count). The summed E-state index contributed by atoms with van der Waals surface area (Å²) in [6, 6.07) is 0.336. The lowest BCUT2D eigenvalue weighted by molar-refractivity contribution is 0.421. The zero-order chi connectivity index (χ0) is 7.40. The molecule has 1 aliphatic carbocycles. The van der Waals surface area contributed by atoms with Gasteiger partial charge >= 0.3 is 0 Å². The highest BCUT2D eigenvalue weighted by Gasteiger charge is 2.21. The molecule has 1 fully saturated rings. The Bertz CT molecular complexity index is 106. The lowest BCUT2D eigenvalue weighted by Gasteiger charge is -2.17. The summed E-state index contributed by atoms with van der Waals surface area (Å²) in [4.78, 5) is 0. The third-order valence-corrected chi connectivity index (χ3v) is 2.35. The minimum Gasteiger partial charge on any atom is -0.271 e. The maximum Gasteiger partial charge on any atom is 0.0416 e. The van der Waals surface area contributed by atoms with E-state index >= 15 is 0 Å². The van der Waals surface area contributed by atoms with Gasteiger partial charge in [-0.1, -0.05) is 18.9 Å². The molecule has 10 heavy (non-hydrogen) atoms. The van der Waals surface area contributed by atoms with Crippen LogP contribution >= 0.6 is 0 Å². The molecule has 58 valence electrons. The van der Waals surface area contributed by atoms with E-state index in [0.29, 0.717) is 6.04 Å². The van der Waals surface area contributed by atoms with E-state index in [9.17, 15) is 0 Å². The summed E-state index contributed by atoms with van der Waals surface area (Å²) in [5, 5.41) is 0. The van der Waals surface area contributed by atoms with Crippen LogP contribution in [0.25, 0.3) is 0 Å². The van der Waals surface area contributed by atoms with Crippen molar-refractivity contribution in [3.05, 3.63) is 12.7 Å². The molecule has 0 amide bonds. The summed E-state index contributed by atoms with van der Waals surface area (Å²) in [6.07, 6.45) is 7.24. The minimum atomic E-state index is 0.336. The van der Waals surface area contributed by atoms with Crippen molar-refractivity contribution < 1.29 is 0 Å². The van der Waals surface area contributed by atoms with Gasteiger partial charge < -0.3 is 0 Å². The summed E-state index contributed by atoms with van der Waals surface area (Å²) in [6.45, 7) is 3.73. The number of rotatable bonds is 3. The largest absolute Gasteiger partial charge is 0.271 e. The van der Waals surface area contributed by atoms with Crippen LogP contribution in [0.4, 0.5) is 0 Å². The number of nitrogens with one attached hydrogen (secondary N) is 1. The second-order valence-corrected chi connectivity index (χ2v) is 2.97. The first kappa shape index (κ1) is 7.76. The standard InChI is InChI=1S/C8H16N2/c1-2-8(10-9)7-5-3-4-6-7/h2,7-8,10H,1,3-6,9H2. The summed E-state index contributed by atoms with van der Waals surface area (Å²) in [7, 11) is 0. The Kier molecular flexibility index (Phi) is 2.90. The topological polar surface area (TPSA) is 38.0 Å². The number of hydrazine groups is 1. The van der Waals surface area contributed by atoms with Crippen molar-refractivity contribution in [1.82, 2.24) is 5.43 Å². The fourth-order valence-corrected chi connectivity index (χ4v) is 1.71. The van der Waals surface area contributed by atoms with Gasteiger partial charge in [-0.15, -0.1) is 6.58 Å². The summed E-state index contributed by atoms with van der Waals surface area (Å²) >= 11 is 0. The summed E-state index contributed by atoms with van der Waals surface area (Å²) in [5.74, 6) is 6.08. The molecule has 1 saturated carbocycles. The average Bonchev–Trinajstić information content (AvgIpc) is 2.43. The van der Waals surface area contributed by atoms with Gasteiger partial charge in [0.15, 0.2) is 0 Å². The highest BCUT2D eigenvalue weighted by atomic mass is 15.2. The summed E-state index contributed by atoms with van der Waals surface area (Å²) in [5.41, 5.74) is 2.78. The van der Waals surface area contributed by atoms with Gasteiger partial charge in [-0.2, -0.15) is 0 Å². The van der Waals surface area contributed by atoms with Gasteiger partial charge in [-0.25, -0.2) is 0 Å². The molecule has 2 nitrogen and oxygen atoms in total. The molecule has 1 unspecified atom stereocenters. The third kappa shape index (κ3) is 1.58. The van der Waals surface area contributed by atoms with E-state index in [-0.39, 0.29) is 0 Å². The molecule has 0 spiro atoms. The fourth-order valence-electron chi connectivity index (χ4n) is 1.71. The zero-order valence-electron chi connectivity index (χ0n) is 6.34. The van der Waals surface area contributed by atoms with Crippen LogP contribution in [-0.2, 0) is 0 Å². The Labute approximate surface area is 62.5 Å². The summed E-state index contributed by atoms with van der Waals surface area (Å²) < 4.78 is 0. The number of hydrogen-bond donors (Lipinski definition) is 2. The van der Waals surface area contributed by atoms with Crippen LogP contribution in [-0.4, -0.2) is 6.04 Å². The monoisotopic (exact) mass is 140 g/mol. The van der Waals surface area contributed by atoms with Crippen molar-refractivity contribution in [3.8, 4) is 0 Å². The van der Waals surface area contributed by atoms with Crippen LogP contribution in [0.15, 0.2) is 12.7 Å². The van der Waals surface area contributed by atoms with Gasteiger partial charge in [0, 0.05) is 6.04 Å². The predicted molar refractivity (Wildman–Crippen MR) is 43.3 cm³/mol. The molecular formula is C8H16N2. The Morgan fingerprint density at radius 1 is 1.50 bits per heavy atom. The lowest BCUT2D eigenvalue weighted by Crippen LogP contribution is -2.38. The SMILES string of the molecule is C=CC(NN)C1CCCC1. The van der Waals surface area contributed by atoms with Gasteiger partial charge in [-0.05, 0) is 18.8 Å². The molecule has 0 heterocycles. The van der Waals surface area contributed by atoms with Gasteiger partial charge in [0.1, 0.15) is 0 Å². The molecule has 0 aromatic carbocycles. The molecule has 0 aromatic heterocycles. The predicted octanol–water partition coefficient (Wildman–Crippen LogP) is 1.19. The lowest BCUT2D eigenvalue weighted by atomic mass is 9.99. The highest BCUT2D eigenvalue weighted by molar-refractivity contribution is 4.91. The first-order chi connectivity index (χ1) is 4.88. The molecule has 0 aliphatic heterocycles. The molecule has 0 aromatic rings. The fraction of sp³-hybridized carbons (Fsp3) is 0.750. The quantitative estimate of drug-likeness (QED) is 0.351. The van der Waals surface area contributed by atoms with Gasteiger partial charge in [-0.3, -0.25) is 11.3 Å². The van der Waals surface area contributed by atoms with E-state index in [1.54, 1.807) is 0 Å². The van der Waals surface area contributed by atoms with Crippen LogP contribution in [0.3, 0.4) is 0 Å². The van der Waals surface area contributed by atoms with Crippen molar-refractivity contribution in [2.75, 3.05) is 0 Å². The van der Waals surface area contributed by atoms with E-state index in [1.807, 2.05) is 6.08 Å². The van der Waals surface area contributed by atoms with Crippen LogP contribution in [0.2, 0.25) is 0 Å². The zero-order valence-corrected chi connectivity index (χ0v) is 6.34. The van der Waals surface area contributed by atoms with Crippen LogP contribution < -0.4 is 11.3 Å². The third-order valence-electron chi connectivity index (χ3n) is 2.35. The molecule has 0 radical (unpaired) electrons. The smallest absolute Gasteiger partial charge is 0.0416 e. The second-order valence-electron chi connectivity index (χ2n) is 2.97. The maximum atomic E-state index is 5.34. The molecule has 1 aliphatic rings. The van der Waals surface area contributed by atoms with E-state index in [4.69, 9.17) is 5.84 Å². The molecule has 2 heteroatoms.